The SMILES string of the molecule is CN(C)C(CNc1oc(C(C)(C)C)nc1C#N)c1cccs1. The average Bonchev–Trinajstić information content (AvgIpc) is 3.06. The number of thiophene rings is 1. The van der Waals surface area contributed by atoms with Gasteiger partial charge in [0, 0.05) is 16.8 Å². The molecule has 2 rings (SSSR count). The Bertz CT molecular complexity index is 647. The van der Waals surface area contributed by atoms with E-state index in [1.165, 1.54) is 4.88 Å². The van der Waals surface area contributed by atoms with Crippen LogP contribution in [0.2, 0.25) is 0 Å². The van der Waals surface area contributed by atoms with Gasteiger partial charge in [-0.3, -0.25) is 0 Å². The number of nitrogens with zero attached hydrogens (tertiary/aromatic N) is 3. The second kappa shape index (κ2) is 6.51. The number of anilines is 1. The molecule has 22 heavy (non-hydrogen) atoms. The van der Waals surface area contributed by atoms with Gasteiger partial charge in [-0.1, -0.05) is 26.8 Å². The summed E-state index contributed by atoms with van der Waals surface area (Å²) < 4.78 is 5.76. The fraction of sp³-hybridized carbons (Fsp3) is 0.500. The molecular formula is C16H22N4OS. The molecule has 2 heterocycles. The Hall–Kier alpha value is -1.84. The molecule has 6 heteroatoms. The maximum Gasteiger partial charge on any atom is 0.232 e. The highest BCUT2D eigenvalue weighted by Gasteiger charge is 2.24. The molecule has 1 atom stereocenters. The lowest BCUT2D eigenvalue weighted by Crippen LogP contribution is -2.26. The zero-order valence-electron chi connectivity index (χ0n) is 13.7. The van der Waals surface area contributed by atoms with Crippen LogP contribution in [0.15, 0.2) is 21.9 Å². The minimum Gasteiger partial charge on any atom is -0.423 e. The molecule has 0 fully saturated rings. The normalized spacial score (nSPS) is 13.1. The zero-order valence-corrected chi connectivity index (χ0v) is 14.5. The molecule has 1 N–H and O–H groups in total. The van der Waals surface area contributed by atoms with Crippen LogP contribution in [0, 0.1) is 11.3 Å². The summed E-state index contributed by atoms with van der Waals surface area (Å²) in [6, 6.07) is 6.47. The van der Waals surface area contributed by atoms with Gasteiger partial charge in [0.15, 0.2) is 0 Å². The van der Waals surface area contributed by atoms with E-state index in [0.717, 1.165) is 0 Å². The van der Waals surface area contributed by atoms with Gasteiger partial charge in [0.05, 0.1) is 6.04 Å². The van der Waals surface area contributed by atoms with Crippen molar-refractivity contribution in [3.05, 3.63) is 34.0 Å². The Kier molecular flexibility index (Phi) is 4.89. The third-order valence-corrected chi connectivity index (χ3v) is 4.30. The topological polar surface area (TPSA) is 65.1 Å². The standard InChI is InChI=1S/C16H22N4OS/c1-16(2,3)15-19-11(9-17)14(21-15)18-10-12(20(4)5)13-7-6-8-22-13/h6-8,12,18H,10H2,1-5H3. The van der Waals surface area contributed by atoms with Crippen LogP contribution in [0.25, 0.3) is 0 Å². The number of likely N-dealkylation sites (N-methyl/N-ethyl adjacent to an activating group) is 1. The van der Waals surface area contributed by atoms with Crippen LogP contribution in [-0.4, -0.2) is 30.5 Å². The summed E-state index contributed by atoms with van der Waals surface area (Å²) in [6.07, 6.45) is 0. The Morgan fingerprint density at radius 2 is 2.18 bits per heavy atom. The van der Waals surface area contributed by atoms with Gasteiger partial charge in [-0.05, 0) is 25.5 Å². The molecule has 0 radical (unpaired) electrons. The minimum atomic E-state index is -0.222. The van der Waals surface area contributed by atoms with Crippen molar-refractivity contribution in [2.75, 3.05) is 26.0 Å². The van der Waals surface area contributed by atoms with E-state index in [1.54, 1.807) is 11.3 Å². The Balaban J connectivity index is 2.17. The van der Waals surface area contributed by atoms with Crippen LogP contribution < -0.4 is 5.32 Å². The van der Waals surface area contributed by atoms with Crippen molar-refractivity contribution in [1.29, 1.82) is 5.26 Å². The van der Waals surface area contributed by atoms with Crippen LogP contribution in [0.1, 0.15) is 43.3 Å². The van der Waals surface area contributed by atoms with Crippen molar-refractivity contribution in [2.24, 2.45) is 0 Å². The highest BCUT2D eigenvalue weighted by molar-refractivity contribution is 7.10. The summed E-state index contributed by atoms with van der Waals surface area (Å²) >= 11 is 1.72. The number of aromatic nitrogens is 1. The van der Waals surface area contributed by atoms with E-state index in [2.05, 4.69) is 32.7 Å². The first-order valence-corrected chi connectivity index (χ1v) is 8.06. The third-order valence-electron chi connectivity index (χ3n) is 3.33. The Labute approximate surface area is 135 Å². The largest absolute Gasteiger partial charge is 0.423 e. The number of nitriles is 1. The predicted octanol–water partition coefficient (Wildman–Crippen LogP) is 3.62. The van der Waals surface area contributed by atoms with Crippen LogP contribution >= 0.6 is 11.3 Å². The van der Waals surface area contributed by atoms with Crippen LogP contribution in [0.3, 0.4) is 0 Å². The summed E-state index contributed by atoms with van der Waals surface area (Å²) in [7, 11) is 4.08. The van der Waals surface area contributed by atoms with Crippen molar-refractivity contribution >= 4 is 17.2 Å². The smallest absolute Gasteiger partial charge is 0.232 e. The van der Waals surface area contributed by atoms with E-state index >= 15 is 0 Å². The van der Waals surface area contributed by atoms with Gasteiger partial charge < -0.3 is 14.6 Å². The second-order valence-electron chi connectivity index (χ2n) is 6.43. The zero-order chi connectivity index (χ0) is 16.3. The first-order valence-electron chi connectivity index (χ1n) is 7.18. The molecule has 0 bridgehead atoms. The van der Waals surface area contributed by atoms with Crippen molar-refractivity contribution < 1.29 is 4.42 Å². The molecule has 1 unspecified atom stereocenters. The number of oxazole rings is 1. The summed E-state index contributed by atoms with van der Waals surface area (Å²) in [5.74, 6) is 1.03. The van der Waals surface area contributed by atoms with E-state index in [4.69, 9.17) is 4.42 Å². The first-order chi connectivity index (χ1) is 10.3. The number of hydrogen-bond donors (Lipinski definition) is 1. The molecule has 2 aromatic heterocycles. The lowest BCUT2D eigenvalue weighted by Gasteiger charge is -2.23. The minimum absolute atomic E-state index is 0.217. The average molecular weight is 318 g/mol. The monoisotopic (exact) mass is 318 g/mol. The maximum atomic E-state index is 9.24. The molecule has 0 aliphatic rings. The molecule has 0 saturated heterocycles. The Morgan fingerprint density at radius 1 is 1.45 bits per heavy atom. The van der Waals surface area contributed by atoms with Gasteiger partial charge in [-0.25, -0.2) is 0 Å². The maximum absolute atomic E-state index is 9.24. The number of rotatable bonds is 5. The molecule has 0 aliphatic carbocycles. The van der Waals surface area contributed by atoms with E-state index in [1.807, 2.05) is 40.9 Å². The lowest BCUT2D eigenvalue weighted by atomic mass is 9.97. The van der Waals surface area contributed by atoms with Crippen LogP contribution in [-0.2, 0) is 5.41 Å². The molecule has 5 nitrogen and oxygen atoms in total. The highest BCUT2D eigenvalue weighted by Crippen LogP contribution is 2.28. The lowest BCUT2D eigenvalue weighted by molar-refractivity contribution is 0.313. The molecule has 0 aliphatic heterocycles. The van der Waals surface area contributed by atoms with E-state index < -0.39 is 0 Å². The quantitative estimate of drug-likeness (QED) is 0.912. The van der Waals surface area contributed by atoms with Gasteiger partial charge in [-0.2, -0.15) is 10.2 Å². The van der Waals surface area contributed by atoms with Gasteiger partial charge in [0.25, 0.3) is 0 Å². The number of nitrogens with one attached hydrogen (secondary N) is 1. The van der Waals surface area contributed by atoms with E-state index in [9.17, 15) is 5.26 Å². The van der Waals surface area contributed by atoms with Gasteiger partial charge in [0.2, 0.25) is 17.5 Å². The Morgan fingerprint density at radius 3 is 2.68 bits per heavy atom. The van der Waals surface area contributed by atoms with Gasteiger partial charge in [-0.15, -0.1) is 11.3 Å². The predicted molar refractivity (Wildman–Crippen MR) is 89.2 cm³/mol. The van der Waals surface area contributed by atoms with Crippen LogP contribution in [0.5, 0.6) is 0 Å². The fourth-order valence-electron chi connectivity index (χ4n) is 2.04. The summed E-state index contributed by atoms with van der Waals surface area (Å²) in [5, 5.41) is 14.5. The molecule has 118 valence electrons. The van der Waals surface area contributed by atoms with Gasteiger partial charge >= 0.3 is 0 Å². The van der Waals surface area contributed by atoms with Crippen molar-refractivity contribution in [3.8, 4) is 6.07 Å². The molecule has 0 amide bonds. The van der Waals surface area contributed by atoms with E-state index in [-0.39, 0.29) is 11.5 Å². The van der Waals surface area contributed by atoms with Crippen molar-refractivity contribution in [1.82, 2.24) is 9.88 Å². The van der Waals surface area contributed by atoms with Gasteiger partial charge in [0.1, 0.15) is 6.07 Å². The summed E-state index contributed by atoms with van der Waals surface area (Å²) in [6.45, 7) is 6.69. The first kappa shape index (κ1) is 16.5. The van der Waals surface area contributed by atoms with E-state index in [0.29, 0.717) is 24.0 Å². The molecule has 0 spiro atoms. The second-order valence-corrected chi connectivity index (χ2v) is 7.41. The summed E-state index contributed by atoms with van der Waals surface area (Å²) in [4.78, 5) is 7.70. The summed E-state index contributed by atoms with van der Waals surface area (Å²) in [5.41, 5.74) is 0.0915. The molecule has 2 aromatic rings. The fourth-order valence-corrected chi connectivity index (χ4v) is 2.97. The molecular weight excluding hydrogens is 296 g/mol. The number of hydrogen-bond acceptors (Lipinski definition) is 6. The van der Waals surface area contributed by atoms with Crippen molar-refractivity contribution in [3.63, 3.8) is 0 Å². The third kappa shape index (κ3) is 3.67. The highest BCUT2D eigenvalue weighted by atomic mass is 32.1. The van der Waals surface area contributed by atoms with Crippen molar-refractivity contribution in [2.45, 2.75) is 32.2 Å². The molecule has 0 saturated carbocycles. The molecule has 0 aromatic carbocycles. The van der Waals surface area contributed by atoms with Crippen LogP contribution in [0.4, 0.5) is 5.88 Å².